The number of halogens is 9. The SMILES string of the molecule is C[C@H](C=O)C/C=C/[C@@H](C)C/C=C/[C@H](C)[C@H](C)OCc1ccc(OCCCC(F)(F)C(F)(F)C(F)(F)C(F)(F)F)cc1. The predicted molar refractivity (Wildman–Crippen MR) is 137 cm³/mol. The lowest BCUT2D eigenvalue weighted by molar-refractivity contribution is -0.396. The lowest BCUT2D eigenvalue weighted by Crippen LogP contribution is -2.60. The fourth-order valence-electron chi connectivity index (χ4n) is 3.43. The fraction of sp³-hybridized carbons (Fsp3) is 0.621. The zero-order valence-electron chi connectivity index (χ0n) is 23.4. The Bertz CT molecular complexity index is 973. The van der Waals surface area contributed by atoms with Gasteiger partial charge in [-0.25, -0.2) is 0 Å². The summed E-state index contributed by atoms with van der Waals surface area (Å²) in [6.07, 6.45) is 0.927. The highest BCUT2D eigenvalue weighted by Gasteiger charge is 2.81. The molecule has 0 unspecified atom stereocenters. The number of allylic oxidation sites excluding steroid dienone is 3. The average molecular weight is 605 g/mol. The molecule has 12 heteroatoms. The number of benzene rings is 1. The van der Waals surface area contributed by atoms with Crippen molar-refractivity contribution in [2.24, 2.45) is 17.8 Å². The van der Waals surface area contributed by atoms with Crippen molar-refractivity contribution in [3.63, 3.8) is 0 Å². The van der Waals surface area contributed by atoms with Crippen LogP contribution >= 0.6 is 0 Å². The van der Waals surface area contributed by atoms with Gasteiger partial charge in [0, 0.05) is 12.3 Å². The Morgan fingerprint density at radius 2 is 1.34 bits per heavy atom. The number of aldehydes is 1. The van der Waals surface area contributed by atoms with Crippen LogP contribution in [0.1, 0.15) is 58.9 Å². The largest absolute Gasteiger partial charge is 0.494 e. The molecule has 1 aromatic carbocycles. The van der Waals surface area contributed by atoms with Gasteiger partial charge in [-0.15, -0.1) is 0 Å². The third-order valence-electron chi connectivity index (χ3n) is 6.44. The molecule has 0 aliphatic heterocycles. The van der Waals surface area contributed by atoms with Gasteiger partial charge in [-0.2, -0.15) is 39.5 Å². The Hall–Kier alpha value is -2.50. The van der Waals surface area contributed by atoms with E-state index >= 15 is 0 Å². The quantitative estimate of drug-likeness (QED) is 0.0726. The van der Waals surface area contributed by atoms with Crippen LogP contribution in [0.5, 0.6) is 5.75 Å². The summed E-state index contributed by atoms with van der Waals surface area (Å²) < 4.78 is 127. The van der Waals surface area contributed by atoms with Gasteiger partial charge in [0.2, 0.25) is 0 Å². The maximum Gasteiger partial charge on any atom is 0.460 e. The lowest BCUT2D eigenvalue weighted by Gasteiger charge is -2.33. The molecule has 0 aliphatic rings. The van der Waals surface area contributed by atoms with Gasteiger partial charge in [0.1, 0.15) is 12.0 Å². The van der Waals surface area contributed by atoms with Crippen molar-refractivity contribution in [2.45, 2.75) is 90.0 Å². The Morgan fingerprint density at radius 1 is 0.780 bits per heavy atom. The van der Waals surface area contributed by atoms with E-state index in [0.29, 0.717) is 12.3 Å². The number of ether oxygens (including phenoxy) is 2. The molecule has 0 N–H and O–H groups in total. The Kier molecular flexibility index (Phi) is 13.9. The van der Waals surface area contributed by atoms with E-state index in [1.54, 1.807) is 12.1 Å². The first kappa shape index (κ1) is 36.5. The molecule has 0 radical (unpaired) electrons. The standard InChI is InChI=1S/C29H37F9O3/c1-20(8-5-10-21(2)18-39)9-6-11-22(3)23(4)41-19-24-12-14-25(15-13-24)40-17-7-16-26(30,31)27(32,33)28(34,35)29(36,37)38/h5-6,8,11-15,18,20-23H,7,9-10,16-17,19H2,1-4H3/b8-5+,11-6+/t20-,21+,22+,23+/m1/s1. The number of carbonyl (C=O) groups is 1. The first-order valence-corrected chi connectivity index (χ1v) is 13.2. The van der Waals surface area contributed by atoms with Gasteiger partial charge in [-0.05, 0) is 55.7 Å². The molecule has 0 fully saturated rings. The topological polar surface area (TPSA) is 35.5 Å². The fourth-order valence-corrected chi connectivity index (χ4v) is 3.43. The number of alkyl halides is 9. The van der Waals surface area contributed by atoms with Gasteiger partial charge in [-0.3, -0.25) is 0 Å². The van der Waals surface area contributed by atoms with Crippen LogP contribution in [0.3, 0.4) is 0 Å². The third-order valence-corrected chi connectivity index (χ3v) is 6.44. The second kappa shape index (κ2) is 15.7. The van der Waals surface area contributed by atoms with Gasteiger partial charge in [0.25, 0.3) is 0 Å². The van der Waals surface area contributed by atoms with Crippen LogP contribution in [0.4, 0.5) is 39.5 Å². The number of hydrogen-bond acceptors (Lipinski definition) is 3. The number of carbonyl (C=O) groups excluding carboxylic acids is 1. The molecule has 0 saturated heterocycles. The molecule has 0 heterocycles. The molecular formula is C29H37F9O3. The van der Waals surface area contributed by atoms with Crippen molar-refractivity contribution in [3.05, 3.63) is 54.1 Å². The zero-order chi connectivity index (χ0) is 31.5. The molecule has 41 heavy (non-hydrogen) atoms. The summed E-state index contributed by atoms with van der Waals surface area (Å²) in [6, 6.07) is 6.16. The third kappa shape index (κ3) is 11.0. The smallest absolute Gasteiger partial charge is 0.460 e. The summed E-state index contributed by atoms with van der Waals surface area (Å²) >= 11 is 0. The summed E-state index contributed by atoms with van der Waals surface area (Å²) in [5, 5.41) is 0. The van der Waals surface area contributed by atoms with Gasteiger partial charge >= 0.3 is 23.9 Å². The van der Waals surface area contributed by atoms with Crippen LogP contribution in [-0.4, -0.2) is 42.9 Å². The minimum Gasteiger partial charge on any atom is -0.494 e. The Balaban J connectivity index is 2.47. The van der Waals surface area contributed by atoms with E-state index in [0.717, 1.165) is 18.3 Å². The van der Waals surface area contributed by atoms with Gasteiger partial charge in [0.15, 0.2) is 0 Å². The van der Waals surface area contributed by atoms with Crippen LogP contribution in [0, 0.1) is 17.8 Å². The Morgan fingerprint density at radius 3 is 1.90 bits per heavy atom. The first-order valence-electron chi connectivity index (χ1n) is 13.2. The normalized spacial score (nSPS) is 16.6. The highest BCUT2D eigenvalue weighted by molar-refractivity contribution is 5.52. The maximum atomic E-state index is 13.6. The van der Waals surface area contributed by atoms with E-state index in [4.69, 9.17) is 9.47 Å². The van der Waals surface area contributed by atoms with E-state index in [-0.39, 0.29) is 30.3 Å². The van der Waals surface area contributed by atoms with Crippen molar-refractivity contribution in [3.8, 4) is 5.75 Å². The Labute approximate surface area is 234 Å². The molecule has 234 valence electrons. The maximum absolute atomic E-state index is 13.6. The van der Waals surface area contributed by atoms with E-state index in [1.807, 2.05) is 26.8 Å². The van der Waals surface area contributed by atoms with E-state index in [9.17, 15) is 44.3 Å². The van der Waals surface area contributed by atoms with Crippen molar-refractivity contribution in [1.29, 1.82) is 0 Å². The lowest BCUT2D eigenvalue weighted by atomic mass is 10.00. The van der Waals surface area contributed by atoms with E-state index in [2.05, 4.69) is 25.2 Å². The van der Waals surface area contributed by atoms with Crippen LogP contribution < -0.4 is 4.74 Å². The monoisotopic (exact) mass is 604 g/mol. The van der Waals surface area contributed by atoms with Crippen molar-refractivity contribution in [2.75, 3.05) is 6.61 Å². The summed E-state index contributed by atoms with van der Waals surface area (Å²) in [4.78, 5) is 10.7. The molecule has 0 amide bonds. The molecule has 1 aromatic rings. The second-order valence-electron chi connectivity index (χ2n) is 10.2. The number of hydrogen-bond donors (Lipinski definition) is 0. The summed E-state index contributed by atoms with van der Waals surface area (Å²) in [6.45, 7) is 7.52. The molecule has 1 rings (SSSR count). The summed E-state index contributed by atoms with van der Waals surface area (Å²) in [7, 11) is 0. The van der Waals surface area contributed by atoms with Crippen LogP contribution in [0.2, 0.25) is 0 Å². The second-order valence-corrected chi connectivity index (χ2v) is 10.2. The minimum atomic E-state index is -6.89. The predicted octanol–water partition coefficient (Wildman–Crippen LogP) is 9.22. The molecular weight excluding hydrogens is 567 g/mol. The van der Waals surface area contributed by atoms with Crippen LogP contribution in [0.15, 0.2) is 48.6 Å². The molecule has 0 spiro atoms. The van der Waals surface area contributed by atoms with E-state index < -0.39 is 43.4 Å². The molecule has 0 bridgehead atoms. The minimum absolute atomic E-state index is 0.00242. The van der Waals surface area contributed by atoms with Crippen LogP contribution in [0.25, 0.3) is 0 Å². The number of rotatable bonds is 18. The van der Waals surface area contributed by atoms with Crippen molar-refractivity contribution >= 4 is 6.29 Å². The highest BCUT2D eigenvalue weighted by atomic mass is 19.4. The molecule has 0 aliphatic carbocycles. The highest BCUT2D eigenvalue weighted by Crippen LogP contribution is 2.54. The summed E-state index contributed by atoms with van der Waals surface area (Å²) in [5.41, 5.74) is 0.754. The van der Waals surface area contributed by atoms with Crippen molar-refractivity contribution in [1.82, 2.24) is 0 Å². The first-order chi connectivity index (χ1) is 18.9. The molecule has 4 atom stereocenters. The molecule has 0 aromatic heterocycles. The van der Waals surface area contributed by atoms with Crippen molar-refractivity contribution < 1.29 is 53.8 Å². The van der Waals surface area contributed by atoms with Gasteiger partial charge in [-0.1, -0.05) is 57.2 Å². The van der Waals surface area contributed by atoms with Gasteiger partial charge < -0.3 is 14.3 Å². The van der Waals surface area contributed by atoms with E-state index in [1.165, 1.54) is 12.1 Å². The van der Waals surface area contributed by atoms with Gasteiger partial charge in [0.05, 0.1) is 19.3 Å². The zero-order valence-corrected chi connectivity index (χ0v) is 23.4. The summed E-state index contributed by atoms with van der Waals surface area (Å²) in [5.74, 6) is -18.5. The molecule has 0 saturated carbocycles. The average Bonchev–Trinajstić information content (AvgIpc) is 2.89. The van der Waals surface area contributed by atoms with Crippen LogP contribution in [-0.2, 0) is 16.1 Å². The molecule has 3 nitrogen and oxygen atoms in total.